The van der Waals surface area contributed by atoms with Crippen molar-refractivity contribution in [1.82, 2.24) is 0 Å². The van der Waals surface area contributed by atoms with Gasteiger partial charge in [-0.15, -0.1) is 0 Å². The van der Waals surface area contributed by atoms with Gasteiger partial charge >= 0.3 is 0 Å². The predicted octanol–water partition coefficient (Wildman–Crippen LogP) is 1.83. The topological polar surface area (TPSA) is 86.6 Å². The van der Waals surface area contributed by atoms with E-state index in [4.69, 9.17) is 4.55 Å². The second-order valence-corrected chi connectivity index (χ2v) is 4.93. The molecule has 0 aliphatic heterocycles. The summed E-state index contributed by atoms with van der Waals surface area (Å²) in [6.07, 6.45) is 0. The average Bonchev–Trinajstić information content (AvgIpc) is 2.28. The zero-order valence-electron chi connectivity index (χ0n) is 9.01. The normalized spacial score (nSPS) is 11.6. The summed E-state index contributed by atoms with van der Waals surface area (Å²) in [7, 11) is -2.83. The van der Waals surface area contributed by atoms with Crippen molar-refractivity contribution in [1.29, 1.82) is 0 Å². The fraction of sp³-hybridized carbons (Fsp3) is 0.0909. The maximum absolute atomic E-state index is 11.2. The third-order valence-electron chi connectivity index (χ3n) is 2.51. The minimum Gasteiger partial charge on any atom is -0.507 e. The second kappa shape index (κ2) is 3.90. The third-order valence-corrected chi connectivity index (χ3v) is 3.39. The van der Waals surface area contributed by atoms with Gasteiger partial charge < -0.3 is 10.4 Å². The van der Waals surface area contributed by atoms with Crippen LogP contribution in [0.25, 0.3) is 10.8 Å². The number of phenolic OH excluding ortho intramolecular Hbond substituents is 1. The van der Waals surface area contributed by atoms with Gasteiger partial charge in [-0.3, -0.25) is 4.55 Å². The van der Waals surface area contributed by atoms with E-state index in [1.807, 2.05) is 0 Å². The molecule has 5 nitrogen and oxygen atoms in total. The highest BCUT2D eigenvalue weighted by Crippen LogP contribution is 2.36. The zero-order chi connectivity index (χ0) is 12.6. The molecular weight excluding hydrogens is 242 g/mol. The van der Waals surface area contributed by atoms with Crippen LogP contribution >= 0.6 is 0 Å². The van der Waals surface area contributed by atoms with Gasteiger partial charge in [-0.05, 0) is 0 Å². The summed E-state index contributed by atoms with van der Waals surface area (Å²) in [5.41, 5.74) is 0.265. The van der Waals surface area contributed by atoms with E-state index in [0.29, 0.717) is 10.8 Å². The molecule has 0 amide bonds. The van der Waals surface area contributed by atoms with Crippen molar-refractivity contribution in [3.63, 3.8) is 0 Å². The van der Waals surface area contributed by atoms with E-state index in [-0.39, 0.29) is 16.3 Å². The molecule has 0 heterocycles. The molecule has 0 fully saturated rings. The Balaban J connectivity index is 2.98. The zero-order valence-corrected chi connectivity index (χ0v) is 9.82. The van der Waals surface area contributed by atoms with E-state index in [9.17, 15) is 13.5 Å². The first-order valence-corrected chi connectivity index (χ1v) is 6.29. The Labute approximate surface area is 98.5 Å². The lowest BCUT2D eigenvalue weighted by molar-refractivity contribution is 0.471. The molecule has 0 aliphatic rings. The fourth-order valence-electron chi connectivity index (χ4n) is 1.79. The molecule has 0 spiro atoms. The molecule has 0 aliphatic carbocycles. The molecule has 2 rings (SSSR count). The Kier molecular flexibility index (Phi) is 2.68. The molecule has 6 heteroatoms. The highest BCUT2D eigenvalue weighted by atomic mass is 32.2. The van der Waals surface area contributed by atoms with Crippen molar-refractivity contribution >= 4 is 26.6 Å². The molecule has 2 aromatic carbocycles. The van der Waals surface area contributed by atoms with Crippen LogP contribution in [0.2, 0.25) is 0 Å². The minimum atomic E-state index is -4.38. The van der Waals surface area contributed by atoms with Crippen LogP contribution < -0.4 is 5.32 Å². The van der Waals surface area contributed by atoms with E-state index >= 15 is 0 Å². The van der Waals surface area contributed by atoms with Crippen molar-refractivity contribution in [2.45, 2.75) is 4.90 Å². The SMILES string of the molecule is CNc1c(S(=O)(=O)O)cc(O)c2ccccc12. The lowest BCUT2D eigenvalue weighted by atomic mass is 10.1. The molecule has 0 bridgehead atoms. The summed E-state index contributed by atoms with van der Waals surface area (Å²) >= 11 is 0. The maximum atomic E-state index is 11.2. The molecule has 2 aromatic rings. The van der Waals surface area contributed by atoms with Crippen LogP contribution in [0.15, 0.2) is 35.2 Å². The first kappa shape index (κ1) is 11.7. The van der Waals surface area contributed by atoms with Gasteiger partial charge in [0.1, 0.15) is 10.6 Å². The lowest BCUT2D eigenvalue weighted by Gasteiger charge is -2.11. The number of fused-ring (bicyclic) bond motifs is 1. The van der Waals surface area contributed by atoms with Crippen molar-refractivity contribution < 1.29 is 18.1 Å². The molecule has 17 heavy (non-hydrogen) atoms. The molecular formula is C11H11NO4S. The van der Waals surface area contributed by atoms with Gasteiger partial charge in [-0.2, -0.15) is 8.42 Å². The Bertz CT molecular complexity index is 679. The number of aromatic hydroxyl groups is 1. The summed E-state index contributed by atoms with van der Waals surface area (Å²) in [4.78, 5) is -0.337. The largest absolute Gasteiger partial charge is 0.507 e. The first-order chi connectivity index (χ1) is 7.95. The van der Waals surface area contributed by atoms with Crippen molar-refractivity contribution in [3.8, 4) is 5.75 Å². The average molecular weight is 253 g/mol. The van der Waals surface area contributed by atoms with Gasteiger partial charge in [0, 0.05) is 23.9 Å². The smallest absolute Gasteiger partial charge is 0.296 e. The maximum Gasteiger partial charge on any atom is 0.296 e. The second-order valence-electron chi connectivity index (χ2n) is 3.54. The van der Waals surface area contributed by atoms with Crippen molar-refractivity contribution in [2.75, 3.05) is 12.4 Å². The first-order valence-electron chi connectivity index (χ1n) is 4.85. The number of anilines is 1. The number of hydrogen-bond acceptors (Lipinski definition) is 4. The third kappa shape index (κ3) is 1.92. The number of rotatable bonds is 2. The Morgan fingerprint density at radius 1 is 1.18 bits per heavy atom. The standard InChI is InChI=1S/C11H11NO4S/c1-12-11-8-5-3-2-4-7(8)9(13)6-10(11)17(14,15)16/h2-6,12-13H,1H3,(H,14,15,16). The lowest BCUT2D eigenvalue weighted by Crippen LogP contribution is -2.04. The van der Waals surface area contributed by atoms with E-state index < -0.39 is 10.1 Å². The van der Waals surface area contributed by atoms with Crippen LogP contribution in [0, 0.1) is 0 Å². The van der Waals surface area contributed by atoms with E-state index in [2.05, 4.69) is 5.32 Å². The highest BCUT2D eigenvalue weighted by Gasteiger charge is 2.19. The van der Waals surface area contributed by atoms with Crippen molar-refractivity contribution in [2.24, 2.45) is 0 Å². The fourth-order valence-corrected chi connectivity index (χ4v) is 2.52. The molecule has 0 aromatic heterocycles. The van der Waals surface area contributed by atoms with Crippen LogP contribution in [0.5, 0.6) is 5.75 Å². The van der Waals surface area contributed by atoms with E-state index in [1.54, 1.807) is 31.3 Å². The monoisotopic (exact) mass is 253 g/mol. The van der Waals surface area contributed by atoms with Gasteiger partial charge in [0.05, 0.1) is 5.69 Å². The van der Waals surface area contributed by atoms with Crippen LogP contribution in [0.3, 0.4) is 0 Å². The van der Waals surface area contributed by atoms with Gasteiger partial charge in [0.2, 0.25) is 0 Å². The Morgan fingerprint density at radius 3 is 2.29 bits per heavy atom. The summed E-state index contributed by atoms with van der Waals surface area (Å²) in [5.74, 6) is -0.188. The van der Waals surface area contributed by atoms with Gasteiger partial charge in [0.25, 0.3) is 10.1 Å². The molecule has 0 unspecified atom stereocenters. The molecule has 0 saturated carbocycles. The van der Waals surface area contributed by atoms with E-state index in [0.717, 1.165) is 6.07 Å². The minimum absolute atomic E-state index is 0.188. The van der Waals surface area contributed by atoms with Gasteiger partial charge in [-0.25, -0.2) is 0 Å². The number of nitrogens with one attached hydrogen (secondary N) is 1. The number of benzene rings is 2. The highest BCUT2D eigenvalue weighted by molar-refractivity contribution is 7.86. The summed E-state index contributed by atoms with van der Waals surface area (Å²) < 4.78 is 31.5. The Morgan fingerprint density at radius 2 is 1.76 bits per heavy atom. The summed E-state index contributed by atoms with van der Waals surface area (Å²) in [5, 5.41) is 13.5. The van der Waals surface area contributed by atoms with Crippen LogP contribution in [0.1, 0.15) is 0 Å². The molecule has 90 valence electrons. The number of phenols is 1. The summed E-state index contributed by atoms with van der Waals surface area (Å²) in [6, 6.07) is 7.81. The number of hydrogen-bond donors (Lipinski definition) is 3. The molecule has 0 radical (unpaired) electrons. The van der Waals surface area contributed by atoms with Gasteiger partial charge in [-0.1, -0.05) is 24.3 Å². The quantitative estimate of drug-likeness (QED) is 0.561. The van der Waals surface area contributed by atoms with Crippen LogP contribution in [-0.4, -0.2) is 25.1 Å². The molecule has 3 N–H and O–H groups in total. The molecule has 0 saturated heterocycles. The van der Waals surface area contributed by atoms with Crippen LogP contribution in [-0.2, 0) is 10.1 Å². The summed E-state index contributed by atoms with van der Waals surface area (Å²) in [6.45, 7) is 0. The van der Waals surface area contributed by atoms with E-state index in [1.165, 1.54) is 0 Å². The van der Waals surface area contributed by atoms with Gasteiger partial charge in [0.15, 0.2) is 0 Å². The van der Waals surface area contributed by atoms with Crippen LogP contribution in [0.4, 0.5) is 5.69 Å². The Hall–Kier alpha value is -1.79. The predicted molar refractivity (Wildman–Crippen MR) is 65.0 cm³/mol. The van der Waals surface area contributed by atoms with Crippen molar-refractivity contribution in [3.05, 3.63) is 30.3 Å². The molecule has 0 atom stereocenters.